The van der Waals surface area contributed by atoms with E-state index >= 15 is 0 Å². The molecular weight excluding hydrogens is 254 g/mol. The summed E-state index contributed by atoms with van der Waals surface area (Å²) >= 11 is 0. The maximum atomic E-state index is 5.50. The molecule has 1 heteroatoms. The van der Waals surface area contributed by atoms with Gasteiger partial charge in [0.25, 0.3) is 0 Å². The summed E-state index contributed by atoms with van der Waals surface area (Å²) in [5.74, 6) is 0. The third-order valence-electron chi connectivity index (χ3n) is 4.63. The van der Waals surface area contributed by atoms with Crippen LogP contribution < -0.4 is 5.73 Å². The van der Waals surface area contributed by atoms with E-state index in [1.165, 1.54) is 43.3 Å². The lowest BCUT2D eigenvalue weighted by molar-refractivity contribution is 0.354. The molecular formula is C20H33N. The van der Waals surface area contributed by atoms with E-state index in [-0.39, 0.29) is 0 Å². The molecule has 0 amide bonds. The Morgan fingerprint density at radius 3 is 2.62 bits per heavy atom. The molecule has 118 valence electrons. The van der Waals surface area contributed by atoms with Gasteiger partial charge in [-0.1, -0.05) is 60.4 Å². The van der Waals surface area contributed by atoms with Gasteiger partial charge < -0.3 is 5.73 Å². The summed E-state index contributed by atoms with van der Waals surface area (Å²) in [6.45, 7) is 12.1. The first-order chi connectivity index (χ1) is 9.86. The molecule has 0 heterocycles. The van der Waals surface area contributed by atoms with Gasteiger partial charge in [-0.05, 0) is 58.3 Å². The van der Waals surface area contributed by atoms with Crippen LogP contribution in [0.15, 0.2) is 46.6 Å². The third-order valence-corrected chi connectivity index (χ3v) is 4.63. The number of allylic oxidation sites excluding steroid dienone is 7. The molecule has 0 aromatic rings. The second-order valence-electron chi connectivity index (χ2n) is 7.05. The van der Waals surface area contributed by atoms with Crippen LogP contribution in [0.25, 0.3) is 0 Å². The van der Waals surface area contributed by atoms with Crippen molar-refractivity contribution >= 4 is 0 Å². The highest BCUT2D eigenvalue weighted by Gasteiger charge is 2.27. The van der Waals surface area contributed by atoms with E-state index in [0.29, 0.717) is 12.0 Å². The van der Waals surface area contributed by atoms with Crippen molar-refractivity contribution in [3.63, 3.8) is 0 Å². The topological polar surface area (TPSA) is 26.0 Å². The van der Waals surface area contributed by atoms with Gasteiger partial charge in [0.1, 0.15) is 0 Å². The van der Waals surface area contributed by atoms with E-state index in [9.17, 15) is 0 Å². The zero-order valence-corrected chi connectivity index (χ0v) is 14.6. The fourth-order valence-corrected chi connectivity index (χ4v) is 3.25. The zero-order valence-electron chi connectivity index (χ0n) is 14.6. The van der Waals surface area contributed by atoms with Crippen LogP contribution in [0.3, 0.4) is 0 Å². The van der Waals surface area contributed by atoms with Crippen molar-refractivity contribution < 1.29 is 0 Å². The first-order valence-electron chi connectivity index (χ1n) is 8.26. The van der Waals surface area contributed by atoms with Gasteiger partial charge in [-0.2, -0.15) is 0 Å². The van der Waals surface area contributed by atoms with E-state index < -0.39 is 0 Å². The molecule has 1 nitrogen and oxygen atoms in total. The van der Waals surface area contributed by atoms with Gasteiger partial charge in [-0.25, -0.2) is 0 Å². The molecule has 0 aliphatic heterocycles. The Kier molecular flexibility index (Phi) is 7.17. The highest BCUT2D eigenvalue weighted by Crippen LogP contribution is 2.42. The summed E-state index contributed by atoms with van der Waals surface area (Å²) in [7, 11) is 0. The van der Waals surface area contributed by atoms with Gasteiger partial charge in [0.15, 0.2) is 0 Å². The van der Waals surface area contributed by atoms with Crippen molar-refractivity contribution in [3.05, 3.63) is 46.6 Å². The van der Waals surface area contributed by atoms with E-state index in [0.717, 1.165) is 0 Å². The molecule has 1 aliphatic rings. The maximum Gasteiger partial charge on any atom is 0.0112 e. The summed E-state index contributed by atoms with van der Waals surface area (Å²) in [4.78, 5) is 0. The van der Waals surface area contributed by atoms with Crippen LogP contribution in [0.2, 0.25) is 0 Å². The first-order valence-corrected chi connectivity index (χ1v) is 8.26. The molecule has 0 unspecified atom stereocenters. The van der Waals surface area contributed by atoms with Crippen LogP contribution in [0, 0.1) is 5.41 Å². The van der Waals surface area contributed by atoms with E-state index in [1.807, 2.05) is 6.08 Å². The second kappa shape index (κ2) is 8.38. The molecule has 0 aromatic heterocycles. The molecule has 0 spiro atoms. The monoisotopic (exact) mass is 287 g/mol. The fourth-order valence-electron chi connectivity index (χ4n) is 3.25. The number of nitrogens with two attached hydrogens (primary N) is 1. The van der Waals surface area contributed by atoms with Gasteiger partial charge in [-0.15, -0.1) is 0 Å². The van der Waals surface area contributed by atoms with Crippen LogP contribution in [-0.2, 0) is 0 Å². The molecule has 2 N–H and O–H groups in total. The summed E-state index contributed by atoms with van der Waals surface area (Å²) in [6, 6.07) is 0. The minimum absolute atomic E-state index is 0.402. The van der Waals surface area contributed by atoms with Crippen molar-refractivity contribution in [1.29, 1.82) is 0 Å². The van der Waals surface area contributed by atoms with Crippen LogP contribution in [0.1, 0.15) is 66.7 Å². The Bertz CT molecular complexity index is 458. The lowest BCUT2D eigenvalue weighted by atomic mass is 9.71. The Hall–Kier alpha value is -1.08. The molecule has 0 bridgehead atoms. The predicted octanol–water partition coefficient (Wildman–Crippen LogP) is 5.70. The van der Waals surface area contributed by atoms with E-state index in [1.54, 1.807) is 11.1 Å². The van der Waals surface area contributed by atoms with Gasteiger partial charge in [0, 0.05) is 6.54 Å². The SMILES string of the molecule is CC1=C(CC/C(C)=C/C=C/C(C)=C\CN)C(C)(C)CCC1. The van der Waals surface area contributed by atoms with Crippen LogP contribution in [0.4, 0.5) is 0 Å². The van der Waals surface area contributed by atoms with Crippen molar-refractivity contribution in [1.82, 2.24) is 0 Å². The van der Waals surface area contributed by atoms with Crippen molar-refractivity contribution in [2.75, 3.05) is 6.54 Å². The molecule has 0 atom stereocenters. The normalized spacial score (nSPS) is 20.5. The molecule has 0 fully saturated rings. The van der Waals surface area contributed by atoms with Crippen LogP contribution >= 0.6 is 0 Å². The summed E-state index contributed by atoms with van der Waals surface area (Å²) in [5, 5.41) is 0. The van der Waals surface area contributed by atoms with Gasteiger partial charge in [0.05, 0.1) is 0 Å². The van der Waals surface area contributed by atoms with Crippen molar-refractivity contribution in [3.8, 4) is 0 Å². The number of hydrogen-bond donors (Lipinski definition) is 1. The minimum atomic E-state index is 0.402. The Morgan fingerprint density at radius 1 is 1.29 bits per heavy atom. The molecule has 1 aliphatic carbocycles. The smallest absolute Gasteiger partial charge is 0.0112 e. The molecule has 21 heavy (non-hydrogen) atoms. The molecule has 0 saturated heterocycles. The Morgan fingerprint density at radius 2 is 2.00 bits per heavy atom. The summed E-state index contributed by atoms with van der Waals surface area (Å²) in [5.41, 5.74) is 11.9. The average Bonchev–Trinajstić information content (AvgIpc) is 2.37. The minimum Gasteiger partial charge on any atom is -0.327 e. The van der Waals surface area contributed by atoms with Gasteiger partial charge >= 0.3 is 0 Å². The molecule has 0 aromatic carbocycles. The van der Waals surface area contributed by atoms with Crippen LogP contribution in [0.5, 0.6) is 0 Å². The number of hydrogen-bond acceptors (Lipinski definition) is 1. The number of rotatable bonds is 6. The predicted molar refractivity (Wildman–Crippen MR) is 95.3 cm³/mol. The van der Waals surface area contributed by atoms with Gasteiger partial charge in [-0.3, -0.25) is 0 Å². The summed E-state index contributed by atoms with van der Waals surface area (Å²) in [6.07, 6.45) is 14.9. The zero-order chi connectivity index (χ0) is 15.9. The molecule has 0 saturated carbocycles. The average molecular weight is 287 g/mol. The molecule has 1 rings (SSSR count). The lowest BCUT2D eigenvalue weighted by Gasteiger charge is -2.34. The second-order valence-corrected chi connectivity index (χ2v) is 7.05. The van der Waals surface area contributed by atoms with Crippen molar-refractivity contribution in [2.24, 2.45) is 11.1 Å². The summed E-state index contributed by atoms with van der Waals surface area (Å²) < 4.78 is 0. The van der Waals surface area contributed by atoms with E-state index in [4.69, 9.17) is 5.73 Å². The largest absolute Gasteiger partial charge is 0.327 e. The first kappa shape index (κ1) is 18.0. The highest BCUT2D eigenvalue weighted by atomic mass is 14.5. The Balaban J connectivity index is 2.60. The fraction of sp³-hybridized carbons (Fsp3) is 0.600. The van der Waals surface area contributed by atoms with Crippen LogP contribution in [-0.4, -0.2) is 6.54 Å². The highest BCUT2D eigenvalue weighted by molar-refractivity contribution is 5.25. The molecule has 0 radical (unpaired) electrons. The standard InChI is InChI=1S/C20H33N/c1-16(8-6-9-17(2)13-15-21)11-12-19-18(3)10-7-14-20(19,4)5/h6,8-9,13H,7,10-12,14-15,21H2,1-5H3/b9-6+,16-8+,17-13-. The lowest BCUT2D eigenvalue weighted by Crippen LogP contribution is -2.20. The van der Waals surface area contributed by atoms with Crippen molar-refractivity contribution in [2.45, 2.75) is 66.7 Å². The Labute approximate surface area is 131 Å². The maximum absolute atomic E-state index is 5.50. The van der Waals surface area contributed by atoms with Gasteiger partial charge in [0.2, 0.25) is 0 Å². The quantitative estimate of drug-likeness (QED) is 0.492. The third kappa shape index (κ3) is 6.05. The van der Waals surface area contributed by atoms with E-state index in [2.05, 4.69) is 52.8 Å².